The predicted octanol–water partition coefficient (Wildman–Crippen LogP) is 3.37. The molecule has 0 unspecified atom stereocenters. The molecule has 1 N–H and O–H groups in total. The summed E-state index contributed by atoms with van der Waals surface area (Å²) in [6.45, 7) is 1.78. The van der Waals surface area contributed by atoms with Crippen LogP contribution in [0.1, 0.15) is 24.8 Å². The first-order chi connectivity index (χ1) is 7.25. The van der Waals surface area contributed by atoms with Gasteiger partial charge in [0.15, 0.2) is 0 Å². The molecule has 82 valence electrons. The van der Waals surface area contributed by atoms with Gasteiger partial charge in [0.25, 0.3) is 0 Å². The zero-order valence-electron chi connectivity index (χ0n) is 8.60. The molecule has 0 atom stereocenters. The molecule has 0 radical (unpaired) electrons. The van der Waals surface area contributed by atoms with Gasteiger partial charge in [-0.25, -0.2) is 4.39 Å². The molecule has 1 fully saturated rings. The first-order valence-electron chi connectivity index (χ1n) is 5.40. The normalized spacial score (nSPS) is 16.4. The maximum atomic E-state index is 12.8. The van der Waals surface area contributed by atoms with E-state index in [-0.39, 0.29) is 5.82 Å². The number of hydrogen-bond donors (Lipinski definition) is 1. The van der Waals surface area contributed by atoms with Gasteiger partial charge in [-0.3, -0.25) is 0 Å². The monoisotopic (exact) mass is 227 g/mol. The van der Waals surface area contributed by atoms with E-state index < -0.39 is 0 Å². The molecular formula is C12H15ClFN. The predicted molar refractivity (Wildman–Crippen MR) is 60.5 cm³/mol. The number of hydrogen-bond acceptors (Lipinski definition) is 1. The average molecular weight is 228 g/mol. The van der Waals surface area contributed by atoms with E-state index in [1.54, 1.807) is 6.07 Å². The summed E-state index contributed by atoms with van der Waals surface area (Å²) in [5.74, 6) is 0.562. The lowest BCUT2D eigenvalue weighted by atomic mass is 9.85. The van der Waals surface area contributed by atoms with E-state index in [1.165, 1.54) is 31.4 Å². The molecule has 15 heavy (non-hydrogen) atoms. The number of nitrogens with one attached hydrogen (secondary N) is 1. The van der Waals surface area contributed by atoms with Gasteiger partial charge in [0, 0.05) is 11.6 Å². The minimum atomic E-state index is -0.275. The van der Waals surface area contributed by atoms with Crippen LogP contribution in [-0.2, 0) is 6.54 Å². The van der Waals surface area contributed by atoms with Crippen LogP contribution in [0, 0.1) is 11.7 Å². The van der Waals surface area contributed by atoms with Gasteiger partial charge in [-0.2, -0.15) is 0 Å². The van der Waals surface area contributed by atoms with Crippen LogP contribution in [0.2, 0.25) is 5.02 Å². The summed E-state index contributed by atoms with van der Waals surface area (Å²) in [4.78, 5) is 0. The van der Waals surface area contributed by atoms with Gasteiger partial charge in [-0.15, -0.1) is 0 Å². The van der Waals surface area contributed by atoms with Crippen LogP contribution < -0.4 is 5.32 Å². The van der Waals surface area contributed by atoms with Gasteiger partial charge in [0.05, 0.1) is 0 Å². The number of rotatable bonds is 4. The van der Waals surface area contributed by atoms with Crippen LogP contribution in [0.5, 0.6) is 0 Å². The fourth-order valence-electron chi connectivity index (χ4n) is 1.77. The van der Waals surface area contributed by atoms with E-state index in [0.29, 0.717) is 5.02 Å². The Balaban J connectivity index is 1.81. The molecule has 1 nitrogen and oxygen atoms in total. The molecule has 0 spiro atoms. The van der Waals surface area contributed by atoms with E-state index in [0.717, 1.165) is 24.6 Å². The van der Waals surface area contributed by atoms with Crippen LogP contribution in [-0.4, -0.2) is 6.54 Å². The van der Waals surface area contributed by atoms with Crippen molar-refractivity contribution < 1.29 is 4.39 Å². The van der Waals surface area contributed by atoms with Gasteiger partial charge in [-0.1, -0.05) is 24.1 Å². The Morgan fingerprint density at radius 1 is 1.40 bits per heavy atom. The van der Waals surface area contributed by atoms with Gasteiger partial charge < -0.3 is 5.32 Å². The minimum Gasteiger partial charge on any atom is -0.312 e. The lowest BCUT2D eigenvalue weighted by molar-refractivity contribution is 0.301. The molecule has 3 heteroatoms. The van der Waals surface area contributed by atoms with Crippen molar-refractivity contribution in [2.24, 2.45) is 5.92 Å². The summed E-state index contributed by atoms with van der Waals surface area (Å²) >= 11 is 5.91. The Morgan fingerprint density at radius 2 is 2.20 bits per heavy atom. The Labute approximate surface area is 94.6 Å². The van der Waals surface area contributed by atoms with Crippen LogP contribution in [0.25, 0.3) is 0 Å². The lowest BCUT2D eigenvalue weighted by Gasteiger charge is -2.25. The molecule has 0 aromatic heterocycles. The van der Waals surface area contributed by atoms with Crippen molar-refractivity contribution in [3.63, 3.8) is 0 Å². The second-order valence-corrected chi connectivity index (χ2v) is 4.57. The summed E-state index contributed by atoms with van der Waals surface area (Å²) in [6, 6.07) is 4.56. The van der Waals surface area contributed by atoms with Gasteiger partial charge in [0.1, 0.15) is 5.82 Å². The molecule has 1 saturated carbocycles. The highest BCUT2D eigenvalue weighted by Gasteiger charge is 2.16. The third kappa shape index (κ3) is 2.93. The molecule has 1 aromatic rings. The largest absolute Gasteiger partial charge is 0.312 e. The Morgan fingerprint density at radius 3 is 2.80 bits per heavy atom. The standard InChI is InChI=1S/C12H15ClFN/c13-12-6-11(14)5-4-10(12)8-15-7-9-2-1-3-9/h4-6,9,15H,1-3,7-8H2. The van der Waals surface area contributed by atoms with E-state index in [4.69, 9.17) is 11.6 Å². The van der Waals surface area contributed by atoms with Gasteiger partial charge in [0.2, 0.25) is 0 Å². The highest BCUT2D eigenvalue weighted by molar-refractivity contribution is 6.31. The topological polar surface area (TPSA) is 12.0 Å². The van der Waals surface area contributed by atoms with E-state index in [1.807, 2.05) is 0 Å². The molecule has 0 saturated heterocycles. The van der Waals surface area contributed by atoms with Crippen molar-refractivity contribution in [2.45, 2.75) is 25.8 Å². The van der Waals surface area contributed by atoms with Crippen LogP contribution in [0.3, 0.4) is 0 Å². The minimum absolute atomic E-state index is 0.275. The van der Waals surface area contributed by atoms with Gasteiger partial charge in [-0.05, 0) is 43.0 Å². The molecule has 0 bridgehead atoms. The molecule has 2 rings (SSSR count). The quantitative estimate of drug-likeness (QED) is 0.832. The van der Waals surface area contributed by atoms with Crippen molar-refractivity contribution in [1.82, 2.24) is 5.32 Å². The molecule has 1 aliphatic rings. The smallest absolute Gasteiger partial charge is 0.124 e. The molecule has 1 aliphatic carbocycles. The first-order valence-corrected chi connectivity index (χ1v) is 5.78. The fraction of sp³-hybridized carbons (Fsp3) is 0.500. The summed E-state index contributed by atoms with van der Waals surface area (Å²) in [5, 5.41) is 3.87. The third-order valence-electron chi connectivity index (χ3n) is 2.99. The molecular weight excluding hydrogens is 213 g/mol. The summed E-state index contributed by atoms with van der Waals surface area (Å²) < 4.78 is 12.8. The van der Waals surface area contributed by atoms with Crippen molar-refractivity contribution in [3.05, 3.63) is 34.6 Å². The number of benzene rings is 1. The van der Waals surface area contributed by atoms with Crippen molar-refractivity contribution in [2.75, 3.05) is 6.54 Å². The Kier molecular flexibility index (Phi) is 3.60. The third-order valence-corrected chi connectivity index (χ3v) is 3.34. The zero-order chi connectivity index (χ0) is 10.7. The lowest BCUT2D eigenvalue weighted by Crippen LogP contribution is -2.26. The zero-order valence-corrected chi connectivity index (χ0v) is 9.36. The SMILES string of the molecule is Fc1ccc(CNCC2CCC2)c(Cl)c1. The highest BCUT2D eigenvalue weighted by atomic mass is 35.5. The second-order valence-electron chi connectivity index (χ2n) is 4.16. The molecule has 1 aromatic carbocycles. The average Bonchev–Trinajstić information content (AvgIpc) is 2.12. The van der Waals surface area contributed by atoms with Crippen LogP contribution >= 0.6 is 11.6 Å². The highest BCUT2D eigenvalue weighted by Crippen LogP contribution is 2.25. The molecule has 0 aliphatic heterocycles. The Bertz CT molecular complexity index is 336. The van der Waals surface area contributed by atoms with Crippen LogP contribution in [0.4, 0.5) is 4.39 Å². The van der Waals surface area contributed by atoms with Crippen LogP contribution in [0.15, 0.2) is 18.2 Å². The fourth-order valence-corrected chi connectivity index (χ4v) is 2.01. The first kappa shape index (κ1) is 10.9. The summed E-state index contributed by atoms with van der Waals surface area (Å²) in [7, 11) is 0. The summed E-state index contributed by atoms with van der Waals surface area (Å²) in [6.07, 6.45) is 4.04. The summed E-state index contributed by atoms with van der Waals surface area (Å²) in [5.41, 5.74) is 0.970. The Hall–Kier alpha value is -0.600. The molecule has 0 heterocycles. The number of halogens is 2. The van der Waals surface area contributed by atoms with Crippen molar-refractivity contribution in [3.8, 4) is 0 Å². The van der Waals surface area contributed by atoms with Gasteiger partial charge >= 0.3 is 0 Å². The maximum absolute atomic E-state index is 12.8. The van der Waals surface area contributed by atoms with E-state index >= 15 is 0 Å². The maximum Gasteiger partial charge on any atom is 0.124 e. The second kappa shape index (κ2) is 4.95. The van der Waals surface area contributed by atoms with E-state index in [2.05, 4.69) is 5.32 Å². The van der Waals surface area contributed by atoms with E-state index in [9.17, 15) is 4.39 Å². The molecule has 0 amide bonds. The van der Waals surface area contributed by atoms with Crippen molar-refractivity contribution >= 4 is 11.6 Å². The van der Waals surface area contributed by atoms with Crippen molar-refractivity contribution in [1.29, 1.82) is 0 Å².